The van der Waals surface area contributed by atoms with Gasteiger partial charge in [0, 0.05) is 24.0 Å². The Kier molecular flexibility index (Phi) is 3.92. The second-order valence-electron chi connectivity index (χ2n) is 6.93. The van der Waals surface area contributed by atoms with Crippen LogP contribution in [0.15, 0.2) is 0 Å². The van der Waals surface area contributed by atoms with Crippen LogP contribution in [0.2, 0.25) is 0 Å². The summed E-state index contributed by atoms with van der Waals surface area (Å²) in [6, 6.07) is 0. The first-order valence-corrected chi connectivity index (χ1v) is 6.37. The van der Waals surface area contributed by atoms with Gasteiger partial charge in [0.2, 0.25) is 0 Å². The fourth-order valence-electron chi connectivity index (χ4n) is 2.29. The fraction of sp³-hybridized carbons (Fsp3) is 0.857. The van der Waals surface area contributed by atoms with E-state index in [1.54, 1.807) is 0 Å². The maximum atomic E-state index is 4.37. The highest BCUT2D eigenvalue weighted by Crippen LogP contribution is 2.26. The molecule has 0 aromatic carbocycles. The molecule has 0 saturated carbocycles. The third-order valence-corrected chi connectivity index (χ3v) is 3.37. The number of aromatic nitrogens is 3. The molecule has 0 atom stereocenters. The van der Waals surface area contributed by atoms with Crippen LogP contribution >= 0.6 is 0 Å². The molecule has 0 bridgehead atoms. The number of nitrogens with zero attached hydrogens (tertiary/aromatic N) is 4. The second-order valence-corrected chi connectivity index (χ2v) is 6.93. The lowest BCUT2D eigenvalue weighted by Crippen LogP contribution is -2.46. The van der Waals surface area contributed by atoms with Crippen LogP contribution in [-0.4, -0.2) is 31.7 Å². The minimum Gasteiger partial charge on any atom is -0.312 e. The van der Waals surface area contributed by atoms with Gasteiger partial charge in [0.1, 0.15) is 11.6 Å². The van der Waals surface area contributed by atoms with Gasteiger partial charge < -0.3 is 4.57 Å². The first-order valence-electron chi connectivity index (χ1n) is 6.37. The maximum Gasteiger partial charge on any atom is 0.147 e. The summed E-state index contributed by atoms with van der Waals surface area (Å²) in [5.41, 5.74) is 0.286. The molecule has 0 saturated heterocycles. The predicted octanol–water partition coefficient (Wildman–Crippen LogP) is 2.83. The molecule has 0 spiro atoms. The van der Waals surface area contributed by atoms with Crippen molar-refractivity contribution in [3.63, 3.8) is 0 Å². The zero-order valence-corrected chi connectivity index (χ0v) is 11.9. The van der Waals surface area contributed by atoms with Crippen LogP contribution in [0.1, 0.15) is 60.6 Å². The van der Waals surface area contributed by atoms with Crippen molar-refractivity contribution >= 4 is 0 Å². The Morgan fingerprint density at radius 1 is 0.944 bits per heavy atom. The SMILES string of the molecule is C.CC(C)(C)c1nnc2n1CCN(C(C)(C)C)C2. The van der Waals surface area contributed by atoms with Crippen molar-refractivity contribution < 1.29 is 0 Å². The summed E-state index contributed by atoms with van der Waals surface area (Å²) in [5, 5.41) is 8.73. The summed E-state index contributed by atoms with van der Waals surface area (Å²) in [7, 11) is 0. The summed E-state index contributed by atoms with van der Waals surface area (Å²) in [5.74, 6) is 2.22. The van der Waals surface area contributed by atoms with E-state index in [-0.39, 0.29) is 18.4 Å². The Hall–Kier alpha value is -0.900. The zero-order chi connectivity index (χ0) is 12.8. The molecule has 1 aliphatic rings. The maximum absolute atomic E-state index is 4.37. The molecule has 4 nitrogen and oxygen atoms in total. The standard InChI is InChI=1S/C13H24N4.CH4/c1-12(2,3)11-15-14-10-9-16(13(4,5)6)7-8-17(10)11;/h7-9H2,1-6H3;1H4. The monoisotopic (exact) mass is 252 g/mol. The lowest BCUT2D eigenvalue weighted by Gasteiger charge is -2.38. The number of rotatable bonds is 0. The molecule has 0 unspecified atom stereocenters. The van der Waals surface area contributed by atoms with Gasteiger partial charge in [-0.3, -0.25) is 4.90 Å². The van der Waals surface area contributed by atoms with Crippen LogP contribution in [0.25, 0.3) is 0 Å². The number of fused-ring (bicyclic) bond motifs is 1. The van der Waals surface area contributed by atoms with Crippen LogP contribution < -0.4 is 0 Å². The van der Waals surface area contributed by atoms with Crippen LogP contribution in [0.3, 0.4) is 0 Å². The Balaban J connectivity index is 0.00000162. The molecule has 1 aromatic rings. The lowest BCUT2D eigenvalue weighted by atomic mass is 9.95. The van der Waals surface area contributed by atoms with Gasteiger partial charge in [-0.2, -0.15) is 0 Å². The summed E-state index contributed by atoms with van der Waals surface area (Å²) in [4.78, 5) is 2.46. The molecule has 4 heteroatoms. The van der Waals surface area contributed by atoms with Gasteiger partial charge in [-0.05, 0) is 20.8 Å². The van der Waals surface area contributed by atoms with Crippen LogP contribution in [-0.2, 0) is 18.5 Å². The molecule has 0 fully saturated rings. The third kappa shape index (κ3) is 2.74. The van der Waals surface area contributed by atoms with E-state index in [1.807, 2.05) is 0 Å². The minimum atomic E-state index is 0. The van der Waals surface area contributed by atoms with Gasteiger partial charge in [-0.1, -0.05) is 28.2 Å². The average molecular weight is 252 g/mol. The lowest BCUT2D eigenvalue weighted by molar-refractivity contribution is 0.0987. The first kappa shape index (κ1) is 15.2. The summed E-state index contributed by atoms with van der Waals surface area (Å²) < 4.78 is 2.29. The summed E-state index contributed by atoms with van der Waals surface area (Å²) in [6.45, 7) is 16.3. The van der Waals surface area contributed by atoms with Crippen molar-refractivity contribution in [2.45, 2.75) is 73.0 Å². The number of hydrogen-bond acceptors (Lipinski definition) is 3. The van der Waals surface area contributed by atoms with E-state index in [9.17, 15) is 0 Å². The van der Waals surface area contributed by atoms with Crippen molar-refractivity contribution in [1.29, 1.82) is 0 Å². The van der Waals surface area contributed by atoms with Crippen LogP contribution in [0, 0.1) is 0 Å². The van der Waals surface area contributed by atoms with Gasteiger partial charge in [-0.25, -0.2) is 0 Å². The van der Waals surface area contributed by atoms with E-state index in [1.165, 1.54) is 0 Å². The second kappa shape index (κ2) is 4.65. The molecule has 1 aliphatic heterocycles. The van der Waals surface area contributed by atoms with Crippen molar-refractivity contribution in [2.75, 3.05) is 6.54 Å². The van der Waals surface area contributed by atoms with Gasteiger partial charge in [-0.15, -0.1) is 10.2 Å². The highest BCUT2D eigenvalue weighted by Gasteiger charge is 2.31. The molecule has 0 amide bonds. The molecule has 2 rings (SSSR count). The predicted molar refractivity (Wildman–Crippen MR) is 75.6 cm³/mol. The Morgan fingerprint density at radius 3 is 2.06 bits per heavy atom. The van der Waals surface area contributed by atoms with Crippen molar-refractivity contribution in [1.82, 2.24) is 19.7 Å². The van der Waals surface area contributed by atoms with E-state index in [0.29, 0.717) is 0 Å². The highest BCUT2D eigenvalue weighted by molar-refractivity contribution is 5.08. The van der Waals surface area contributed by atoms with E-state index in [4.69, 9.17) is 0 Å². The van der Waals surface area contributed by atoms with Crippen LogP contribution in [0.5, 0.6) is 0 Å². The van der Waals surface area contributed by atoms with Crippen molar-refractivity contribution in [3.8, 4) is 0 Å². The molecule has 18 heavy (non-hydrogen) atoms. The fourth-order valence-corrected chi connectivity index (χ4v) is 2.29. The van der Waals surface area contributed by atoms with Crippen molar-refractivity contribution in [2.24, 2.45) is 0 Å². The van der Waals surface area contributed by atoms with E-state index >= 15 is 0 Å². The van der Waals surface area contributed by atoms with E-state index in [2.05, 4.69) is 61.2 Å². The third-order valence-electron chi connectivity index (χ3n) is 3.37. The van der Waals surface area contributed by atoms with Crippen molar-refractivity contribution in [3.05, 3.63) is 11.6 Å². The highest BCUT2D eigenvalue weighted by atomic mass is 15.4. The Morgan fingerprint density at radius 2 is 1.56 bits per heavy atom. The molecule has 2 heterocycles. The summed E-state index contributed by atoms with van der Waals surface area (Å²) >= 11 is 0. The molecular weight excluding hydrogens is 224 g/mol. The average Bonchev–Trinajstić information content (AvgIpc) is 2.57. The normalized spacial score (nSPS) is 17.2. The smallest absolute Gasteiger partial charge is 0.147 e. The van der Waals surface area contributed by atoms with E-state index in [0.717, 1.165) is 31.3 Å². The molecule has 1 aromatic heterocycles. The molecular formula is C14H28N4. The summed E-state index contributed by atoms with van der Waals surface area (Å²) in [6.07, 6.45) is 0. The minimum absolute atomic E-state index is 0. The van der Waals surface area contributed by atoms with Gasteiger partial charge in [0.05, 0.1) is 6.54 Å². The molecule has 0 radical (unpaired) electrons. The topological polar surface area (TPSA) is 34.0 Å². The quantitative estimate of drug-likeness (QED) is 0.712. The Labute approximate surface area is 111 Å². The zero-order valence-electron chi connectivity index (χ0n) is 11.9. The van der Waals surface area contributed by atoms with E-state index < -0.39 is 0 Å². The van der Waals surface area contributed by atoms with Crippen LogP contribution in [0.4, 0.5) is 0 Å². The largest absolute Gasteiger partial charge is 0.312 e. The van der Waals surface area contributed by atoms with Gasteiger partial charge in [0.15, 0.2) is 0 Å². The number of hydrogen-bond donors (Lipinski definition) is 0. The first-order chi connectivity index (χ1) is 7.69. The van der Waals surface area contributed by atoms with Gasteiger partial charge >= 0.3 is 0 Å². The Bertz CT molecular complexity index is 406. The molecule has 0 N–H and O–H groups in total. The molecule has 0 aliphatic carbocycles. The van der Waals surface area contributed by atoms with Gasteiger partial charge in [0.25, 0.3) is 0 Å². The molecule has 104 valence electrons.